The largest absolute Gasteiger partial charge is 0.503 e. The summed E-state index contributed by atoms with van der Waals surface area (Å²) in [5.41, 5.74) is 2.61. The number of anilines is 1. The van der Waals surface area contributed by atoms with Gasteiger partial charge in [0.25, 0.3) is 5.91 Å². The number of hydrogen-bond acceptors (Lipinski definition) is 4. The second-order valence-electron chi connectivity index (χ2n) is 6.67. The smallest absolute Gasteiger partial charge is 0.294 e. The lowest BCUT2D eigenvalue weighted by atomic mass is 9.92. The molecule has 1 amide bonds. The topological polar surface area (TPSA) is 70.5 Å². The molecule has 1 atom stereocenters. The predicted molar refractivity (Wildman–Crippen MR) is 99.8 cm³/mol. The molecule has 5 nitrogen and oxygen atoms in total. The minimum Gasteiger partial charge on any atom is -0.503 e. The van der Waals surface area contributed by atoms with Gasteiger partial charge in [0, 0.05) is 24.0 Å². The lowest BCUT2D eigenvalue weighted by Gasteiger charge is -2.27. The van der Waals surface area contributed by atoms with Crippen molar-refractivity contribution in [2.24, 2.45) is 5.92 Å². The van der Waals surface area contributed by atoms with E-state index in [9.17, 15) is 14.7 Å². The molecule has 0 saturated heterocycles. The summed E-state index contributed by atoms with van der Waals surface area (Å²) < 4.78 is 0. The number of aromatic nitrogens is 1. The van der Waals surface area contributed by atoms with Gasteiger partial charge >= 0.3 is 0 Å². The van der Waals surface area contributed by atoms with E-state index in [0.717, 1.165) is 12.0 Å². The van der Waals surface area contributed by atoms with E-state index < -0.39 is 17.7 Å². The Morgan fingerprint density at radius 3 is 2.46 bits per heavy atom. The van der Waals surface area contributed by atoms with Crippen LogP contribution in [0.15, 0.2) is 60.1 Å². The molecule has 1 aromatic heterocycles. The van der Waals surface area contributed by atoms with Crippen molar-refractivity contribution in [3.63, 3.8) is 0 Å². The zero-order valence-corrected chi connectivity index (χ0v) is 15.1. The molecule has 1 aromatic carbocycles. The summed E-state index contributed by atoms with van der Waals surface area (Å²) in [4.78, 5) is 31.2. The van der Waals surface area contributed by atoms with E-state index in [1.54, 1.807) is 32.3 Å². The number of aryl methyl sites for hydroxylation is 1. The Hall–Kier alpha value is -2.95. The number of Topliss-reactive ketones (excluding diaryl/α,β-unsaturated/α-hetero) is 1. The molecule has 2 aromatic rings. The summed E-state index contributed by atoms with van der Waals surface area (Å²) in [6, 6.07) is 10.5. The third-order valence-corrected chi connectivity index (χ3v) is 4.62. The van der Waals surface area contributed by atoms with Crippen LogP contribution in [-0.4, -0.2) is 21.8 Å². The third-order valence-electron chi connectivity index (χ3n) is 4.62. The van der Waals surface area contributed by atoms with Crippen LogP contribution in [0.4, 0.5) is 5.69 Å². The Morgan fingerprint density at radius 1 is 1.23 bits per heavy atom. The number of ketones is 1. The molecule has 26 heavy (non-hydrogen) atoms. The number of aliphatic hydroxyl groups is 1. The first-order valence-corrected chi connectivity index (χ1v) is 8.75. The van der Waals surface area contributed by atoms with Gasteiger partial charge in [-0.25, -0.2) is 0 Å². The van der Waals surface area contributed by atoms with Gasteiger partial charge in [-0.15, -0.1) is 0 Å². The minimum absolute atomic E-state index is 0.137. The molecule has 1 unspecified atom stereocenters. The molecule has 0 fully saturated rings. The van der Waals surface area contributed by atoms with E-state index in [1.165, 1.54) is 4.90 Å². The maximum absolute atomic E-state index is 12.8. The summed E-state index contributed by atoms with van der Waals surface area (Å²) in [6.07, 6.45) is 4.15. The van der Waals surface area contributed by atoms with Crippen molar-refractivity contribution in [2.45, 2.75) is 33.2 Å². The molecule has 0 bridgehead atoms. The third kappa shape index (κ3) is 3.01. The van der Waals surface area contributed by atoms with E-state index >= 15 is 0 Å². The number of aliphatic hydroxyl groups excluding tert-OH is 1. The maximum atomic E-state index is 12.8. The first-order valence-electron chi connectivity index (χ1n) is 8.75. The average Bonchev–Trinajstić information content (AvgIpc) is 2.93. The summed E-state index contributed by atoms with van der Waals surface area (Å²) in [5.74, 6) is -1.61. The first kappa shape index (κ1) is 17.9. The number of amides is 1. The summed E-state index contributed by atoms with van der Waals surface area (Å²) in [6.45, 7) is 5.57. The fourth-order valence-corrected chi connectivity index (χ4v) is 3.18. The molecule has 0 radical (unpaired) electrons. The van der Waals surface area contributed by atoms with Crippen LogP contribution in [0.1, 0.15) is 37.9 Å². The van der Waals surface area contributed by atoms with Gasteiger partial charge in [-0.05, 0) is 35.7 Å². The van der Waals surface area contributed by atoms with Gasteiger partial charge in [0.05, 0.1) is 11.6 Å². The first-order chi connectivity index (χ1) is 12.5. The van der Waals surface area contributed by atoms with Crippen molar-refractivity contribution in [3.8, 4) is 0 Å². The Bertz CT molecular complexity index is 855. The molecular weight excluding hydrogens is 328 g/mol. The van der Waals surface area contributed by atoms with Crippen LogP contribution in [0.25, 0.3) is 0 Å². The van der Waals surface area contributed by atoms with Crippen LogP contribution in [0, 0.1) is 5.92 Å². The van der Waals surface area contributed by atoms with Crippen molar-refractivity contribution < 1.29 is 14.7 Å². The van der Waals surface area contributed by atoms with E-state index in [-0.39, 0.29) is 17.3 Å². The number of hydrogen-bond donors (Lipinski definition) is 1. The van der Waals surface area contributed by atoms with Crippen LogP contribution in [0.2, 0.25) is 0 Å². The summed E-state index contributed by atoms with van der Waals surface area (Å²) in [7, 11) is 0. The standard InChI is InChI=1S/C21H22N2O3/c1-4-14-7-9-16(10-8-14)23-18(15-6-5-11-22-12-15)17(19(24)13(2)3)20(25)21(23)26/h5-13,18,25H,4H2,1-3H3. The number of benzene rings is 1. The van der Waals surface area contributed by atoms with E-state index in [4.69, 9.17) is 0 Å². The zero-order valence-electron chi connectivity index (χ0n) is 15.1. The van der Waals surface area contributed by atoms with Gasteiger partial charge in [0.2, 0.25) is 0 Å². The van der Waals surface area contributed by atoms with Gasteiger partial charge < -0.3 is 5.11 Å². The van der Waals surface area contributed by atoms with Crippen molar-refractivity contribution in [2.75, 3.05) is 4.90 Å². The Labute approximate surface area is 153 Å². The van der Waals surface area contributed by atoms with Crippen molar-refractivity contribution in [1.82, 2.24) is 4.98 Å². The van der Waals surface area contributed by atoms with Crippen molar-refractivity contribution in [1.29, 1.82) is 0 Å². The van der Waals surface area contributed by atoms with Crippen LogP contribution >= 0.6 is 0 Å². The molecule has 2 heterocycles. The van der Waals surface area contributed by atoms with Gasteiger partial charge in [0.1, 0.15) is 0 Å². The highest BCUT2D eigenvalue weighted by atomic mass is 16.3. The van der Waals surface area contributed by atoms with E-state index in [0.29, 0.717) is 11.3 Å². The molecule has 0 spiro atoms. The van der Waals surface area contributed by atoms with Crippen LogP contribution < -0.4 is 4.90 Å². The molecule has 1 aliphatic rings. The van der Waals surface area contributed by atoms with Gasteiger partial charge in [-0.3, -0.25) is 19.5 Å². The van der Waals surface area contributed by atoms with Gasteiger partial charge in [-0.1, -0.05) is 39.0 Å². The number of carbonyl (C=O) groups excluding carboxylic acids is 2. The zero-order chi connectivity index (χ0) is 18.8. The SMILES string of the molecule is CCc1ccc(N2C(=O)C(O)=C(C(=O)C(C)C)C2c2cccnc2)cc1. The monoisotopic (exact) mass is 350 g/mol. The van der Waals surface area contributed by atoms with Crippen molar-refractivity contribution >= 4 is 17.4 Å². The quantitative estimate of drug-likeness (QED) is 0.891. The number of nitrogens with zero attached hydrogens (tertiary/aromatic N) is 2. The molecule has 0 saturated carbocycles. The summed E-state index contributed by atoms with van der Waals surface area (Å²) in [5, 5.41) is 10.5. The molecule has 134 valence electrons. The van der Waals surface area contributed by atoms with Crippen LogP contribution in [0.3, 0.4) is 0 Å². The molecule has 5 heteroatoms. The number of pyridine rings is 1. The maximum Gasteiger partial charge on any atom is 0.294 e. The Balaban J connectivity index is 2.14. The molecule has 0 aliphatic carbocycles. The minimum atomic E-state index is -0.682. The normalized spacial score (nSPS) is 17.3. The molecular formula is C21H22N2O3. The lowest BCUT2D eigenvalue weighted by molar-refractivity contribution is -0.119. The molecule has 3 rings (SSSR count). The highest BCUT2D eigenvalue weighted by Crippen LogP contribution is 2.41. The predicted octanol–water partition coefficient (Wildman–Crippen LogP) is 3.77. The van der Waals surface area contributed by atoms with Gasteiger partial charge in [0.15, 0.2) is 11.5 Å². The molecule has 1 N–H and O–H groups in total. The Kier molecular flexibility index (Phi) is 4.89. The second kappa shape index (κ2) is 7.12. The lowest BCUT2D eigenvalue weighted by Crippen LogP contribution is -2.31. The van der Waals surface area contributed by atoms with E-state index in [2.05, 4.69) is 11.9 Å². The fraction of sp³-hybridized carbons (Fsp3) is 0.286. The van der Waals surface area contributed by atoms with Crippen LogP contribution in [0.5, 0.6) is 0 Å². The number of rotatable bonds is 5. The van der Waals surface area contributed by atoms with Crippen molar-refractivity contribution in [3.05, 3.63) is 71.3 Å². The highest BCUT2D eigenvalue weighted by Gasteiger charge is 2.44. The Morgan fingerprint density at radius 2 is 1.92 bits per heavy atom. The molecule has 1 aliphatic heterocycles. The fourth-order valence-electron chi connectivity index (χ4n) is 3.18. The van der Waals surface area contributed by atoms with Crippen LogP contribution in [-0.2, 0) is 16.0 Å². The average molecular weight is 350 g/mol. The number of carbonyl (C=O) groups is 2. The van der Waals surface area contributed by atoms with Gasteiger partial charge in [-0.2, -0.15) is 0 Å². The summed E-state index contributed by atoms with van der Waals surface area (Å²) >= 11 is 0. The second-order valence-corrected chi connectivity index (χ2v) is 6.67. The highest BCUT2D eigenvalue weighted by molar-refractivity contribution is 6.16. The van der Waals surface area contributed by atoms with E-state index in [1.807, 2.05) is 30.3 Å².